The summed E-state index contributed by atoms with van der Waals surface area (Å²) in [5.74, 6) is -2.19. The van der Waals surface area contributed by atoms with Gasteiger partial charge in [-0.25, -0.2) is 0 Å². The monoisotopic (exact) mass is 167 g/mol. The number of nitrogens with one attached hydrogen (secondary N) is 1. The van der Waals surface area contributed by atoms with Gasteiger partial charge in [0.15, 0.2) is 0 Å². The highest BCUT2D eigenvalue weighted by Gasteiger charge is 2.17. The minimum Gasteiger partial charge on any atom is -0.317 e. The van der Waals surface area contributed by atoms with Crippen LogP contribution < -0.4 is 5.32 Å². The second kappa shape index (κ2) is 4.13. The molecule has 10 heavy (non-hydrogen) atoms. The van der Waals surface area contributed by atoms with Gasteiger partial charge in [0.2, 0.25) is 0 Å². The van der Waals surface area contributed by atoms with E-state index in [-0.39, 0.29) is 5.25 Å². The van der Waals surface area contributed by atoms with Gasteiger partial charge >= 0.3 is 0 Å². The molecular formula is C6H11F2NS. The molecule has 1 fully saturated rings. The van der Waals surface area contributed by atoms with Crippen molar-refractivity contribution in [3.8, 4) is 0 Å². The van der Waals surface area contributed by atoms with Crippen molar-refractivity contribution in [2.24, 2.45) is 0 Å². The summed E-state index contributed by atoms with van der Waals surface area (Å²) in [4.78, 5) is 0. The van der Waals surface area contributed by atoms with E-state index in [9.17, 15) is 8.78 Å². The Morgan fingerprint density at radius 3 is 2.40 bits per heavy atom. The molecule has 0 aromatic heterocycles. The molecule has 0 saturated carbocycles. The third-order valence-electron chi connectivity index (χ3n) is 1.58. The highest BCUT2D eigenvalue weighted by atomic mass is 32.2. The fraction of sp³-hybridized carbons (Fsp3) is 1.00. The number of thioether (sulfide) groups is 1. The molecule has 0 aromatic carbocycles. The smallest absolute Gasteiger partial charge is 0.284 e. The van der Waals surface area contributed by atoms with Gasteiger partial charge in [0.25, 0.3) is 5.76 Å². The summed E-state index contributed by atoms with van der Waals surface area (Å²) in [6.07, 6.45) is 1.77. The summed E-state index contributed by atoms with van der Waals surface area (Å²) in [6, 6.07) is 0. The molecule has 1 saturated heterocycles. The lowest BCUT2D eigenvalue weighted by atomic mass is 10.2. The molecule has 0 aliphatic carbocycles. The van der Waals surface area contributed by atoms with Gasteiger partial charge in [0, 0.05) is 5.25 Å². The van der Waals surface area contributed by atoms with Gasteiger partial charge in [-0.05, 0) is 25.9 Å². The SMILES string of the molecule is FC(F)SC1CCNCC1. The van der Waals surface area contributed by atoms with Gasteiger partial charge in [0.1, 0.15) is 0 Å². The number of alkyl halides is 2. The average Bonchev–Trinajstić information content (AvgIpc) is 1.88. The van der Waals surface area contributed by atoms with Crippen LogP contribution in [0.2, 0.25) is 0 Å². The molecule has 0 atom stereocenters. The van der Waals surface area contributed by atoms with E-state index < -0.39 is 5.76 Å². The molecule has 1 N–H and O–H groups in total. The first-order valence-electron chi connectivity index (χ1n) is 3.43. The third kappa shape index (κ3) is 2.84. The van der Waals surface area contributed by atoms with Crippen LogP contribution in [0.25, 0.3) is 0 Å². The van der Waals surface area contributed by atoms with E-state index in [4.69, 9.17) is 0 Å². The number of hydrogen-bond acceptors (Lipinski definition) is 2. The van der Waals surface area contributed by atoms with Crippen LogP contribution in [0, 0.1) is 0 Å². The summed E-state index contributed by atoms with van der Waals surface area (Å²) in [5, 5.41) is 3.31. The molecule has 0 bridgehead atoms. The molecule has 60 valence electrons. The molecule has 0 radical (unpaired) electrons. The van der Waals surface area contributed by atoms with Crippen LogP contribution in [0.15, 0.2) is 0 Å². The Hall–Kier alpha value is 0.170. The predicted octanol–water partition coefficient (Wildman–Crippen LogP) is 1.69. The van der Waals surface area contributed by atoms with E-state index in [0.717, 1.165) is 37.7 Å². The van der Waals surface area contributed by atoms with Gasteiger partial charge in [0.05, 0.1) is 0 Å². The van der Waals surface area contributed by atoms with Crippen LogP contribution in [0.4, 0.5) is 8.78 Å². The Bertz CT molecular complexity index is 93.7. The summed E-state index contributed by atoms with van der Waals surface area (Å²) >= 11 is 0.802. The highest BCUT2D eigenvalue weighted by molar-refractivity contribution is 8.00. The standard InChI is InChI=1S/C6H11F2NS/c7-6(8)10-5-1-3-9-4-2-5/h5-6,9H,1-4H2. The van der Waals surface area contributed by atoms with Crippen LogP contribution >= 0.6 is 11.8 Å². The summed E-state index contributed by atoms with van der Waals surface area (Å²) in [5.41, 5.74) is 0. The first kappa shape index (κ1) is 8.27. The lowest BCUT2D eigenvalue weighted by Crippen LogP contribution is -2.29. The number of hydrogen-bond donors (Lipinski definition) is 1. The van der Waals surface area contributed by atoms with E-state index in [1.54, 1.807) is 0 Å². The number of rotatable bonds is 2. The summed E-state index contributed by atoms with van der Waals surface area (Å²) in [6.45, 7) is 1.79. The second-order valence-corrected chi connectivity index (χ2v) is 3.64. The van der Waals surface area contributed by atoms with Crippen LogP contribution in [0.1, 0.15) is 12.8 Å². The molecule has 1 aliphatic rings. The maximum Gasteiger partial charge on any atom is 0.284 e. The van der Waals surface area contributed by atoms with E-state index >= 15 is 0 Å². The van der Waals surface area contributed by atoms with E-state index in [1.807, 2.05) is 0 Å². The molecule has 1 nitrogen and oxygen atoms in total. The molecule has 0 amide bonds. The maximum atomic E-state index is 11.8. The van der Waals surface area contributed by atoms with Crippen LogP contribution in [-0.4, -0.2) is 24.1 Å². The Morgan fingerprint density at radius 1 is 1.30 bits per heavy atom. The van der Waals surface area contributed by atoms with Crippen molar-refractivity contribution in [1.29, 1.82) is 0 Å². The lowest BCUT2D eigenvalue weighted by Gasteiger charge is -2.21. The zero-order valence-electron chi connectivity index (χ0n) is 5.65. The summed E-state index contributed by atoms with van der Waals surface area (Å²) < 4.78 is 23.5. The molecule has 0 unspecified atom stereocenters. The topological polar surface area (TPSA) is 12.0 Å². The molecule has 1 rings (SSSR count). The largest absolute Gasteiger partial charge is 0.317 e. The van der Waals surface area contributed by atoms with Crippen LogP contribution in [-0.2, 0) is 0 Å². The predicted molar refractivity (Wildman–Crippen MR) is 39.5 cm³/mol. The van der Waals surface area contributed by atoms with E-state index in [0.29, 0.717) is 0 Å². The lowest BCUT2D eigenvalue weighted by molar-refractivity contribution is 0.250. The number of halogens is 2. The second-order valence-electron chi connectivity index (χ2n) is 2.35. The van der Waals surface area contributed by atoms with Crippen molar-refractivity contribution < 1.29 is 8.78 Å². The Kier molecular flexibility index (Phi) is 3.42. The van der Waals surface area contributed by atoms with Gasteiger partial charge < -0.3 is 5.32 Å². The van der Waals surface area contributed by atoms with Crippen molar-refractivity contribution >= 4 is 11.8 Å². The number of piperidine rings is 1. The van der Waals surface area contributed by atoms with Gasteiger partial charge in [-0.1, -0.05) is 11.8 Å². The Balaban J connectivity index is 2.13. The van der Waals surface area contributed by atoms with E-state index in [1.165, 1.54) is 0 Å². The van der Waals surface area contributed by atoms with Crippen molar-refractivity contribution in [2.45, 2.75) is 23.8 Å². The fourth-order valence-electron chi connectivity index (χ4n) is 1.08. The Morgan fingerprint density at radius 2 is 1.90 bits per heavy atom. The summed E-state index contributed by atoms with van der Waals surface area (Å²) in [7, 11) is 0. The maximum absolute atomic E-state index is 11.8. The molecule has 0 spiro atoms. The van der Waals surface area contributed by atoms with Crippen molar-refractivity contribution in [2.75, 3.05) is 13.1 Å². The molecule has 0 aromatic rings. The van der Waals surface area contributed by atoms with Crippen LogP contribution in [0.5, 0.6) is 0 Å². The van der Waals surface area contributed by atoms with Gasteiger partial charge in [-0.15, -0.1) is 0 Å². The average molecular weight is 167 g/mol. The van der Waals surface area contributed by atoms with Gasteiger partial charge in [-0.2, -0.15) is 8.78 Å². The zero-order chi connectivity index (χ0) is 7.40. The normalized spacial score (nSPS) is 21.9. The van der Waals surface area contributed by atoms with Gasteiger partial charge in [-0.3, -0.25) is 0 Å². The third-order valence-corrected chi connectivity index (χ3v) is 2.64. The quantitative estimate of drug-likeness (QED) is 0.671. The fourth-order valence-corrected chi connectivity index (χ4v) is 1.88. The molecule has 1 aliphatic heterocycles. The molecule has 1 heterocycles. The minimum absolute atomic E-state index is 0.182. The van der Waals surface area contributed by atoms with Crippen LogP contribution in [0.3, 0.4) is 0 Å². The Labute approximate surface area is 63.6 Å². The minimum atomic E-state index is -2.19. The van der Waals surface area contributed by atoms with Crippen molar-refractivity contribution in [3.05, 3.63) is 0 Å². The molecular weight excluding hydrogens is 156 g/mol. The molecule has 4 heteroatoms. The van der Waals surface area contributed by atoms with E-state index in [2.05, 4.69) is 5.32 Å². The van der Waals surface area contributed by atoms with Crippen molar-refractivity contribution in [1.82, 2.24) is 5.32 Å². The zero-order valence-corrected chi connectivity index (χ0v) is 6.46. The highest BCUT2D eigenvalue weighted by Crippen LogP contribution is 2.25. The first-order valence-corrected chi connectivity index (χ1v) is 4.37. The first-order chi connectivity index (χ1) is 4.79. The van der Waals surface area contributed by atoms with Crippen molar-refractivity contribution in [3.63, 3.8) is 0 Å².